The summed E-state index contributed by atoms with van der Waals surface area (Å²) in [6.45, 7) is 0. The molecule has 1 saturated carbocycles. The highest BCUT2D eigenvalue weighted by Crippen LogP contribution is 2.39. The first-order chi connectivity index (χ1) is 14.4. The Hall–Kier alpha value is -2.54. The molecule has 1 heterocycles. The quantitative estimate of drug-likeness (QED) is 0.516. The van der Waals surface area contributed by atoms with Gasteiger partial charge in [0.25, 0.3) is 5.91 Å². The van der Waals surface area contributed by atoms with Gasteiger partial charge in [-0.3, -0.25) is 4.79 Å². The summed E-state index contributed by atoms with van der Waals surface area (Å²) in [5.74, 6) is -0.202. The van der Waals surface area contributed by atoms with E-state index in [0.29, 0.717) is 21.5 Å². The summed E-state index contributed by atoms with van der Waals surface area (Å²) in [4.78, 5) is 17.6. The Labute approximate surface area is 177 Å². The van der Waals surface area contributed by atoms with E-state index in [0.717, 1.165) is 43.5 Å². The molecule has 1 amide bonds. The number of carbonyl (C=O) groups is 1. The first kappa shape index (κ1) is 20.7. The predicted octanol–water partition coefficient (Wildman–Crippen LogP) is 6.47. The minimum atomic E-state index is -4.46. The molecule has 0 bridgehead atoms. The van der Waals surface area contributed by atoms with Crippen molar-refractivity contribution in [3.8, 4) is 0 Å². The van der Waals surface area contributed by atoms with Crippen molar-refractivity contribution in [3.05, 3.63) is 65.7 Å². The van der Waals surface area contributed by atoms with Crippen molar-refractivity contribution in [2.24, 2.45) is 0 Å². The van der Waals surface area contributed by atoms with Crippen molar-refractivity contribution in [1.29, 1.82) is 0 Å². The van der Waals surface area contributed by atoms with Crippen molar-refractivity contribution >= 4 is 28.6 Å². The van der Waals surface area contributed by atoms with Crippen LogP contribution in [0.3, 0.4) is 0 Å². The van der Waals surface area contributed by atoms with Crippen LogP contribution in [0.4, 0.5) is 13.2 Å². The number of nitrogens with one attached hydrogen (secondary N) is 1. The maximum absolute atomic E-state index is 13.4. The van der Waals surface area contributed by atoms with Crippen LogP contribution in [-0.4, -0.2) is 16.9 Å². The van der Waals surface area contributed by atoms with Gasteiger partial charge in [-0.15, -0.1) is 0 Å². The van der Waals surface area contributed by atoms with E-state index >= 15 is 0 Å². The molecule has 0 radical (unpaired) electrons. The second-order valence-corrected chi connectivity index (χ2v) is 8.49. The van der Waals surface area contributed by atoms with E-state index in [9.17, 15) is 18.0 Å². The monoisotopic (exact) mass is 430 g/mol. The minimum Gasteiger partial charge on any atom is -0.349 e. The lowest BCUT2D eigenvalue weighted by Crippen LogP contribution is -2.36. The molecule has 0 spiro atoms. The third kappa shape index (κ3) is 4.61. The van der Waals surface area contributed by atoms with Crippen LogP contribution in [-0.2, 0) is 6.18 Å². The van der Waals surface area contributed by atoms with Crippen molar-refractivity contribution < 1.29 is 18.0 Å². The van der Waals surface area contributed by atoms with E-state index in [2.05, 4.69) is 10.3 Å². The van der Waals surface area contributed by atoms with Crippen molar-refractivity contribution in [2.45, 2.75) is 54.2 Å². The Morgan fingerprint density at radius 2 is 1.70 bits per heavy atom. The van der Waals surface area contributed by atoms with Crippen LogP contribution in [0.15, 0.2) is 64.5 Å². The number of aromatic nitrogens is 1. The molecule has 1 aliphatic rings. The maximum atomic E-state index is 13.4. The fourth-order valence-corrected chi connectivity index (χ4v) is 4.79. The zero-order valence-corrected chi connectivity index (χ0v) is 17.0. The van der Waals surface area contributed by atoms with Gasteiger partial charge in [0.1, 0.15) is 5.03 Å². The highest BCUT2D eigenvalue weighted by molar-refractivity contribution is 7.99. The zero-order chi connectivity index (χ0) is 21.1. The van der Waals surface area contributed by atoms with Gasteiger partial charge >= 0.3 is 6.18 Å². The molecule has 1 fully saturated rings. The van der Waals surface area contributed by atoms with Crippen molar-refractivity contribution in [3.63, 3.8) is 0 Å². The topological polar surface area (TPSA) is 42.0 Å². The van der Waals surface area contributed by atoms with Gasteiger partial charge < -0.3 is 5.32 Å². The van der Waals surface area contributed by atoms with Crippen molar-refractivity contribution in [2.75, 3.05) is 0 Å². The molecule has 0 atom stereocenters. The maximum Gasteiger partial charge on any atom is 0.417 e. The zero-order valence-electron chi connectivity index (χ0n) is 16.2. The summed E-state index contributed by atoms with van der Waals surface area (Å²) < 4.78 is 40.1. The van der Waals surface area contributed by atoms with E-state index in [1.165, 1.54) is 18.6 Å². The standard InChI is InChI=1S/C23H21F3N2OS/c24-23(25,26)18-11-5-7-13-20(18)30-21-14-17(16-10-4-6-12-19(16)28-21)22(29)27-15-8-2-1-3-9-15/h4-7,10-15H,1-3,8-9H2,(H,27,29). The van der Waals surface area contributed by atoms with Gasteiger partial charge in [0.05, 0.1) is 16.6 Å². The molecular weight excluding hydrogens is 409 g/mol. The number of carbonyl (C=O) groups excluding carboxylic acids is 1. The largest absolute Gasteiger partial charge is 0.417 e. The van der Waals surface area contributed by atoms with Crippen LogP contribution in [0, 0.1) is 0 Å². The number of hydrogen-bond donors (Lipinski definition) is 1. The average molecular weight is 430 g/mol. The summed E-state index contributed by atoms with van der Waals surface area (Å²) in [5.41, 5.74) is 0.317. The molecule has 4 rings (SSSR count). The Bertz CT molecular complexity index is 1060. The van der Waals surface area contributed by atoms with Gasteiger partial charge in [-0.2, -0.15) is 13.2 Å². The van der Waals surface area contributed by atoms with Crippen molar-refractivity contribution in [1.82, 2.24) is 10.3 Å². The molecule has 1 N–H and O–H groups in total. The number of hydrogen-bond acceptors (Lipinski definition) is 3. The second-order valence-electron chi connectivity index (χ2n) is 7.43. The van der Waals surface area contributed by atoms with Crippen LogP contribution in [0.25, 0.3) is 10.9 Å². The summed E-state index contributed by atoms with van der Waals surface area (Å²) in [6.07, 6.45) is 0.824. The van der Waals surface area contributed by atoms with Crippen LogP contribution < -0.4 is 5.32 Å². The lowest BCUT2D eigenvalue weighted by atomic mass is 9.95. The third-order valence-electron chi connectivity index (χ3n) is 5.28. The minimum absolute atomic E-state index is 0.0615. The SMILES string of the molecule is O=C(NC1CCCCC1)c1cc(Sc2ccccc2C(F)(F)F)nc2ccccc12. The first-order valence-electron chi connectivity index (χ1n) is 9.96. The van der Waals surface area contributed by atoms with Gasteiger partial charge in [-0.05, 0) is 37.1 Å². The molecule has 0 saturated heterocycles. The van der Waals surface area contributed by atoms with Gasteiger partial charge in [0.2, 0.25) is 0 Å². The molecule has 156 valence electrons. The van der Waals surface area contributed by atoms with Crippen LogP contribution in [0.5, 0.6) is 0 Å². The molecular formula is C23H21F3N2OS. The number of pyridine rings is 1. The number of halogens is 3. The van der Waals surface area contributed by atoms with E-state index in [1.807, 2.05) is 12.1 Å². The predicted molar refractivity (Wildman–Crippen MR) is 112 cm³/mol. The summed E-state index contributed by atoms with van der Waals surface area (Å²) in [6, 6.07) is 14.4. The third-order valence-corrected chi connectivity index (χ3v) is 6.28. The number of rotatable bonds is 4. The van der Waals surface area contributed by atoms with Crippen LogP contribution in [0.2, 0.25) is 0 Å². The molecule has 2 aromatic carbocycles. The van der Waals surface area contributed by atoms with Gasteiger partial charge in [-0.1, -0.05) is 61.4 Å². The Balaban J connectivity index is 1.70. The molecule has 1 aliphatic carbocycles. The molecule has 3 aromatic rings. The van der Waals surface area contributed by atoms with Crippen LogP contribution >= 0.6 is 11.8 Å². The number of nitrogens with zero attached hydrogens (tertiary/aromatic N) is 1. The number of benzene rings is 2. The second kappa shape index (κ2) is 8.68. The number of amides is 1. The Morgan fingerprint density at radius 3 is 2.47 bits per heavy atom. The van der Waals surface area contributed by atoms with E-state index in [1.54, 1.807) is 24.3 Å². The Morgan fingerprint density at radius 1 is 1.00 bits per heavy atom. The molecule has 0 aliphatic heterocycles. The first-order valence-corrected chi connectivity index (χ1v) is 10.8. The normalized spacial score (nSPS) is 15.3. The molecule has 1 aromatic heterocycles. The summed E-state index contributed by atoms with van der Waals surface area (Å²) >= 11 is 0.922. The smallest absolute Gasteiger partial charge is 0.349 e. The number of para-hydroxylation sites is 1. The number of fused-ring (bicyclic) bond motifs is 1. The summed E-state index contributed by atoms with van der Waals surface area (Å²) in [5, 5.41) is 4.15. The number of alkyl halides is 3. The van der Waals surface area contributed by atoms with Crippen LogP contribution in [0.1, 0.15) is 48.0 Å². The fraction of sp³-hybridized carbons (Fsp3) is 0.304. The Kier molecular flexibility index (Phi) is 5.99. The lowest BCUT2D eigenvalue weighted by molar-refractivity contribution is -0.139. The fourth-order valence-electron chi connectivity index (χ4n) is 3.80. The average Bonchev–Trinajstić information content (AvgIpc) is 2.73. The highest BCUT2D eigenvalue weighted by atomic mass is 32.2. The molecule has 0 unspecified atom stereocenters. The van der Waals surface area contributed by atoms with E-state index in [-0.39, 0.29) is 16.8 Å². The van der Waals surface area contributed by atoms with E-state index in [4.69, 9.17) is 0 Å². The van der Waals surface area contributed by atoms with Gasteiger partial charge in [0.15, 0.2) is 0 Å². The summed E-state index contributed by atoms with van der Waals surface area (Å²) in [7, 11) is 0. The van der Waals surface area contributed by atoms with Gasteiger partial charge in [-0.25, -0.2) is 4.98 Å². The van der Waals surface area contributed by atoms with Gasteiger partial charge in [0, 0.05) is 16.3 Å². The molecule has 3 nitrogen and oxygen atoms in total. The molecule has 30 heavy (non-hydrogen) atoms. The van der Waals surface area contributed by atoms with E-state index < -0.39 is 11.7 Å². The lowest BCUT2D eigenvalue weighted by Gasteiger charge is -2.23. The highest BCUT2D eigenvalue weighted by Gasteiger charge is 2.33. The molecule has 7 heteroatoms.